The highest BCUT2D eigenvalue weighted by Gasteiger charge is 2.22. The van der Waals surface area contributed by atoms with Gasteiger partial charge in [0.1, 0.15) is 0 Å². The second-order valence-electron chi connectivity index (χ2n) is 4.40. The van der Waals surface area contributed by atoms with Gasteiger partial charge in [-0.2, -0.15) is 0 Å². The monoisotopic (exact) mass is 274 g/mol. The van der Waals surface area contributed by atoms with Crippen molar-refractivity contribution in [3.63, 3.8) is 0 Å². The standard InChI is InChI=1S/C12H18N2OS.ClH/c1-9-4-5-13-8-11(9)14-12(15)7-10-3-2-6-16-10;/h2-3,6,9,11,13H,4-5,7-8H2,1H3,(H,14,15);1H. The Kier molecular flexibility index (Phi) is 5.95. The molecular weight excluding hydrogens is 256 g/mol. The van der Waals surface area contributed by atoms with E-state index < -0.39 is 0 Å². The van der Waals surface area contributed by atoms with Crippen LogP contribution in [0, 0.1) is 5.92 Å². The molecule has 1 aromatic rings. The molecule has 0 aliphatic carbocycles. The van der Waals surface area contributed by atoms with E-state index >= 15 is 0 Å². The van der Waals surface area contributed by atoms with Gasteiger partial charge in [-0.3, -0.25) is 4.79 Å². The number of halogens is 1. The van der Waals surface area contributed by atoms with Crippen LogP contribution >= 0.6 is 23.7 Å². The van der Waals surface area contributed by atoms with Crippen molar-refractivity contribution >= 4 is 29.7 Å². The van der Waals surface area contributed by atoms with Crippen molar-refractivity contribution in [2.24, 2.45) is 5.92 Å². The molecule has 0 bridgehead atoms. The molecular formula is C12H19ClN2OS. The molecule has 2 unspecified atom stereocenters. The van der Waals surface area contributed by atoms with Gasteiger partial charge >= 0.3 is 0 Å². The fourth-order valence-electron chi connectivity index (χ4n) is 2.01. The summed E-state index contributed by atoms with van der Waals surface area (Å²) in [6.45, 7) is 4.17. The first-order chi connectivity index (χ1) is 7.75. The lowest BCUT2D eigenvalue weighted by molar-refractivity contribution is -0.121. The molecule has 3 nitrogen and oxygen atoms in total. The Labute approximate surface area is 112 Å². The fourth-order valence-corrected chi connectivity index (χ4v) is 2.72. The molecule has 2 N–H and O–H groups in total. The summed E-state index contributed by atoms with van der Waals surface area (Å²) in [7, 11) is 0. The van der Waals surface area contributed by atoms with Crippen molar-refractivity contribution < 1.29 is 4.79 Å². The lowest BCUT2D eigenvalue weighted by Crippen LogP contribution is -2.50. The zero-order chi connectivity index (χ0) is 11.4. The number of thiophene rings is 1. The summed E-state index contributed by atoms with van der Waals surface area (Å²) < 4.78 is 0. The third-order valence-electron chi connectivity index (χ3n) is 3.09. The highest BCUT2D eigenvalue weighted by Crippen LogP contribution is 2.13. The minimum Gasteiger partial charge on any atom is -0.352 e. The largest absolute Gasteiger partial charge is 0.352 e. The molecule has 2 rings (SSSR count). The Morgan fingerprint density at radius 3 is 3.12 bits per heavy atom. The van der Waals surface area contributed by atoms with Gasteiger partial charge < -0.3 is 10.6 Å². The predicted molar refractivity (Wildman–Crippen MR) is 73.9 cm³/mol. The Morgan fingerprint density at radius 2 is 2.47 bits per heavy atom. The first-order valence-electron chi connectivity index (χ1n) is 5.78. The molecule has 0 aromatic carbocycles. The summed E-state index contributed by atoms with van der Waals surface area (Å²) in [6.07, 6.45) is 1.66. The van der Waals surface area contributed by atoms with Crippen LogP contribution in [-0.2, 0) is 11.2 Å². The number of hydrogen-bond donors (Lipinski definition) is 2. The smallest absolute Gasteiger partial charge is 0.225 e. The summed E-state index contributed by atoms with van der Waals surface area (Å²) >= 11 is 1.64. The minimum absolute atomic E-state index is 0. The summed E-state index contributed by atoms with van der Waals surface area (Å²) in [5.41, 5.74) is 0. The van der Waals surface area contributed by atoms with Crippen LogP contribution in [0.3, 0.4) is 0 Å². The molecule has 1 aliphatic rings. The topological polar surface area (TPSA) is 41.1 Å². The van der Waals surface area contributed by atoms with Crippen molar-refractivity contribution in [2.45, 2.75) is 25.8 Å². The molecule has 5 heteroatoms. The molecule has 0 saturated carbocycles. The van der Waals surface area contributed by atoms with E-state index in [2.05, 4.69) is 17.6 Å². The van der Waals surface area contributed by atoms with Crippen LogP contribution in [0.4, 0.5) is 0 Å². The van der Waals surface area contributed by atoms with Crippen molar-refractivity contribution in [3.05, 3.63) is 22.4 Å². The second-order valence-corrected chi connectivity index (χ2v) is 5.43. The SMILES string of the molecule is CC1CCNCC1NC(=O)Cc1cccs1.Cl. The van der Waals surface area contributed by atoms with E-state index in [0.29, 0.717) is 18.4 Å². The third kappa shape index (κ3) is 4.30. The van der Waals surface area contributed by atoms with Crippen LogP contribution in [0.1, 0.15) is 18.2 Å². The van der Waals surface area contributed by atoms with Crippen LogP contribution in [0.5, 0.6) is 0 Å². The maximum atomic E-state index is 11.8. The first kappa shape index (κ1) is 14.5. The zero-order valence-electron chi connectivity index (χ0n) is 9.94. The number of rotatable bonds is 3. The average Bonchev–Trinajstić information content (AvgIpc) is 2.74. The number of hydrogen-bond acceptors (Lipinski definition) is 3. The van der Waals surface area contributed by atoms with Gasteiger partial charge in [-0.15, -0.1) is 23.7 Å². The average molecular weight is 275 g/mol. The number of carbonyl (C=O) groups excluding carboxylic acids is 1. The third-order valence-corrected chi connectivity index (χ3v) is 3.97. The Bertz CT molecular complexity index is 342. The van der Waals surface area contributed by atoms with Gasteiger partial charge in [-0.25, -0.2) is 0 Å². The maximum absolute atomic E-state index is 11.8. The van der Waals surface area contributed by atoms with Gasteiger partial charge in [0, 0.05) is 17.5 Å². The number of piperidine rings is 1. The Morgan fingerprint density at radius 1 is 1.65 bits per heavy atom. The summed E-state index contributed by atoms with van der Waals surface area (Å²) in [4.78, 5) is 12.9. The zero-order valence-corrected chi connectivity index (χ0v) is 11.6. The van der Waals surface area contributed by atoms with Gasteiger partial charge in [0.05, 0.1) is 6.42 Å². The van der Waals surface area contributed by atoms with Crippen molar-refractivity contribution in [2.75, 3.05) is 13.1 Å². The van der Waals surface area contributed by atoms with E-state index in [1.165, 1.54) is 0 Å². The fraction of sp³-hybridized carbons (Fsp3) is 0.583. The Balaban J connectivity index is 0.00000144. The van der Waals surface area contributed by atoms with E-state index in [-0.39, 0.29) is 18.3 Å². The summed E-state index contributed by atoms with van der Waals surface area (Å²) in [5.74, 6) is 0.719. The van der Waals surface area contributed by atoms with Gasteiger partial charge in [0.2, 0.25) is 5.91 Å². The molecule has 0 spiro atoms. The van der Waals surface area contributed by atoms with E-state index in [4.69, 9.17) is 0 Å². The first-order valence-corrected chi connectivity index (χ1v) is 6.66. The molecule has 17 heavy (non-hydrogen) atoms. The lowest BCUT2D eigenvalue weighted by Gasteiger charge is -2.30. The quantitative estimate of drug-likeness (QED) is 0.883. The molecule has 1 aliphatic heterocycles. The van der Waals surface area contributed by atoms with Crippen molar-refractivity contribution in [3.8, 4) is 0 Å². The van der Waals surface area contributed by atoms with Crippen LogP contribution in [-0.4, -0.2) is 25.0 Å². The highest BCUT2D eigenvalue weighted by molar-refractivity contribution is 7.10. The minimum atomic E-state index is 0. The van der Waals surface area contributed by atoms with Gasteiger partial charge in [-0.1, -0.05) is 13.0 Å². The van der Waals surface area contributed by atoms with Crippen LogP contribution in [0.2, 0.25) is 0 Å². The molecule has 96 valence electrons. The number of nitrogens with one attached hydrogen (secondary N) is 2. The number of carbonyl (C=O) groups is 1. The molecule has 0 radical (unpaired) electrons. The summed E-state index contributed by atoms with van der Waals surface area (Å²) in [6, 6.07) is 4.28. The van der Waals surface area contributed by atoms with E-state index in [9.17, 15) is 4.79 Å². The van der Waals surface area contributed by atoms with Gasteiger partial charge in [-0.05, 0) is 30.3 Å². The second kappa shape index (κ2) is 6.99. The van der Waals surface area contributed by atoms with Crippen LogP contribution in [0.25, 0.3) is 0 Å². The van der Waals surface area contributed by atoms with Crippen molar-refractivity contribution in [1.82, 2.24) is 10.6 Å². The molecule has 1 fully saturated rings. The van der Waals surface area contributed by atoms with Gasteiger partial charge in [0.15, 0.2) is 0 Å². The maximum Gasteiger partial charge on any atom is 0.225 e. The predicted octanol–water partition coefficient (Wildman–Crippen LogP) is 1.83. The number of amides is 1. The summed E-state index contributed by atoms with van der Waals surface area (Å²) in [5, 5.41) is 8.44. The van der Waals surface area contributed by atoms with Gasteiger partial charge in [0.25, 0.3) is 0 Å². The lowest BCUT2D eigenvalue weighted by atomic mass is 9.95. The molecule has 2 heterocycles. The van der Waals surface area contributed by atoms with E-state index in [1.807, 2.05) is 17.5 Å². The Hall–Kier alpha value is -0.580. The molecule has 2 atom stereocenters. The van der Waals surface area contributed by atoms with E-state index in [1.54, 1.807) is 11.3 Å². The normalized spacial score (nSPS) is 23.8. The van der Waals surface area contributed by atoms with Crippen LogP contribution < -0.4 is 10.6 Å². The van der Waals surface area contributed by atoms with Crippen LogP contribution in [0.15, 0.2) is 17.5 Å². The molecule has 1 amide bonds. The highest BCUT2D eigenvalue weighted by atomic mass is 35.5. The van der Waals surface area contributed by atoms with Crippen molar-refractivity contribution in [1.29, 1.82) is 0 Å². The molecule has 1 saturated heterocycles. The van der Waals surface area contributed by atoms with E-state index in [0.717, 1.165) is 24.4 Å². The molecule has 1 aromatic heterocycles.